The molecule has 25 heavy (non-hydrogen) atoms. The summed E-state index contributed by atoms with van der Waals surface area (Å²) in [5.74, 6) is -0.275. The van der Waals surface area contributed by atoms with Crippen LogP contribution in [-0.2, 0) is 16.1 Å². The van der Waals surface area contributed by atoms with Crippen molar-refractivity contribution in [1.82, 2.24) is 4.90 Å². The quantitative estimate of drug-likeness (QED) is 0.771. The topological polar surface area (TPSA) is 38.8 Å². The molecular formula is C18H16F3NO3. The zero-order valence-corrected chi connectivity index (χ0v) is 13.1. The predicted molar refractivity (Wildman–Crippen MR) is 83.7 cm³/mol. The molecule has 0 aromatic heterocycles. The van der Waals surface area contributed by atoms with Crippen LogP contribution in [-0.4, -0.2) is 30.3 Å². The number of halogens is 3. The lowest BCUT2D eigenvalue weighted by Gasteiger charge is -2.18. The van der Waals surface area contributed by atoms with Crippen LogP contribution in [0.15, 0.2) is 54.6 Å². The first-order valence-corrected chi connectivity index (χ1v) is 7.69. The Balaban J connectivity index is 1.66. The van der Waals surface area contributed by atoms with Gasteiger partial charge in [-0.3, -0.25) is 9.69 Å². The van der Waals surface area contributed by atoms with Gasteiger partial charge in [0.05, 0.1) is 6.10 Å². The van der Waals surface area contributed by atoms with E-state index in [1.807, 2.05) is 35.2 Å². The van der Waals surface area contributed by atoms with Crippen molar-refractivity contribution in [2.45, 2.75) is 25.2 Å². The van der Waals surface area contributed by atoms with E-state index in [1.165, 1.54) is 12.1 Å². The van der Waals surface area contributed by atoms with Gasteiger partial charge in [-0.25, -0.2) is 0 Å². The molecule has 2 aromatic carbocycles. The molecule has 1 saturated heterocycles. The first-order chi connectivity index (χ1) is 11.9. The molecule has 1 heterocycles. The van der Waals surface area contributed by atoms with Crippen molar-refractivity contribution >= 4 is 6.29 Å². The summed E-state index contributed by atoms with van der Waals surface area (Å²) in [6.07, 6.45) is -4.89. The molecule has 3 rings (SSSR count). The Kier molecular flexibility index (Phi) is 5.06. The van der Waals surface area contributed by atoms with Crippen LogP contribution in [0.25, 0.3) is 0 Å². The molecular weight excluding hydrogens is 335 g/mol. The van der Waals surface area contributed by atoms with Crippen LogP contribution in [0.4, 0.5) is 13.2 Å². The minimum Gasteiger partial charge on any atom is -0.406 e. The summed E-state index contributed by atoms with van der Waals surface area (Å²) in [5.41, 5.74) is 1.74. The van der Waals surface area contributed by atoms with Gasteiger partial charge in [-0.05, 0) is 23.3 Å². The van der Waals surface area contributed by atoms with Gasteiger partial charge < -0.3 is 9.47 Å². The standard InChI is InChI=1S/C18H16F3NO3/c19-18(20,21)25-15-8-6-13(7-9-15)10-22-11-16(24-17(22)12-23)14-4-2-1-3-5-14/h1-9,12,16-17H,10-11H2/t16-,17?/m1/s1. The average molecular weight is 351 g/mol. The highest BCUT2D eigenvalue weighted by atomic mass is 19.4. The second kappa shape index (κ2) is 7.25. The maximum Gasteiger partial charge on any atom is 0.573 e. The Labute approximate surface area is 142 Å². The van der Waals surface area contributed by atoms with Crippen LogP contribution in [0.2, 0.25) is 0 Å². The largest absolute Gasteiger partial charge is 0.573 e. The van der Waals surface area contributed by atoms with E-state index in [9.17, 15) is 18.0 Å². The molecule has 1 fully saturated rings. The molecule has 0 spiro atoms. The van der Waals surface area contributed by atoms with Gasteiger partial charge in [0.25, 0.3) is 0 Å². The highest BCUT2D eigenvalue weighted by molar-refractivity contribution is 5.56. The summed E-state index contributed by atoms with van der Waals surface area (Å²) in [5, 5.41) is 0. The highest BCUT2D eigenvalue weighted by Gasteiger charge is 2.33. The molecule has 0 bridgehead atoms. The van der Waals surface area contributed by atoms with Gasteiger partial charge in [-0.1, -0.05) is 42.5 Å². The summed E-state index contributed by atoms with van der Waals surface area (Å²) in [4.78, 5) is 13.1. The summed E-state index contributed by atoms with van der Waals surface area (Å²) < 4.78 is 46.2. The molecule has 0 saturated carbocycles. The fraction of sp³-hybridized carbons (Fsp3) is 0.278. The third-order valence-electron chi connectivity index (χ3n) is 3.89. The van der Waals surface area contributed by atoms with E-state index in [4.69, 9.17) is 4.74 Å². The number of hydrogen-bond donors (Lipinski definition) is 0. The van der Waals surface area contributed by atoms with Crippen molar-refractivity contribution in [3.63, 3.8) is 0 Å². The van der Waals surface area contributed by atoms with Crippen molar-refractivity contribution < 1.29 is 27.4 Å². The van der Waals surface area contributed by atoms with Crippen LogP contribution in [0.3, 0.4) is 0 Å². The first kappa shape index (κ1) is 17.4. The summed E-state index contributed by atoms with van der Waals surface area (Å²) in [7, 11) is 0. The van der Waals surface area contributed by atoms with Gasteiger partial charge in [0.2, 0.25) is 0 Å². The molecule has 7 heteroatoms. The number of carbonyl (C=O) groups is 1. The molecule has 132 valence electrons. The molecule has 2 atom stereocenters. The van der Waals surface area contributed by atoms with E-state index in [0.717, 1.165) is 17.4 Å². The smallest absolute Gasteiger partial charge is 0.406 e. The monoisotopic (exact) mass is 351 g/mol. The molecule has 2 aromatic rings. The van der Waals surface area contributed by atoms with Crippen molar-refractivity contribution in [2.75, 3.05) is 6.54 Å². The van der Waals surface area contributed by atoms with E-state index in [-0.39, 0.29) is 11.9 Å². The van der Waals surface area contributed by atoms with E-state index in [2.05, 4.69) is 4.74 Å². The van der Waals surface area contributed by atoms with Crippen molar-refractivity contribution in [1.29, 1.82) is 0 Å². The highest BCUT2D eigenvalue weighted by Crippen LogP contribution is 2.30. The molecule has 0 amide bonds. The maximum atomic E-state index is 12.2. The van der Waals surface area contributed by atoms with Crippen molar-refractivity contribution in [3.8, 4) is 5.75 Å². The number of carbonyl (C=O) groups excluding carboxylic acids is 1. The second-order valence-electron chi connectivity index (χ2n) is 5.68. The van der Waals surface area contributed by atoms with Gasteiger partial charge in [0.1, 0.15) is 5.75 Å². The molecule has 4 nitrogen and oxygen atoms in total. The van der Waals surface area contributed by atoms with Crippen LogP contribution in [0.5, 0.6) is 5.75 Å². The molecule has 1 aliphatic heterocycles. The van der Waals surface area contributed by atoms with E-state index >= 15 is 0 Å². The average Bonchev–Trinajstić information content (AvgIpc) is 2.99. The van der Waals surface area contributed by atoms with E-state index < -0.39 is 12.6 Å². The summed E-state index contributed by atoms with van der Waals surface area (Å²) >= 11 is 0. The van der Waals surface area contributed by atoms with Gasteiger partial charge in [0, 0.05) is 13.1 Å². The predicted octanol–water partition coefficient (Wildman–Crippen LogP) is 3.68. The fourth-order valence-corrected chi connectivity index (χ4v) is 2.77. The number of nitrogens with zero attached hydrogens (tertiary/aromatic N) is 1. The Hall–Kier alpha value is -2.38. The SMILES string of the molecule is O=CC1O[C@@H](c2ccccc2)CN1Cc1ccc(OC(F)(F)F)cc1. The second-order valence-corrected chi connectivity index (χ2v) is 5.68. The number of alkyl halides is 3. The summed E-state index contributed by atoms with van der Waals surface area (Å²) in [6, 6.07) is 15.1. The van der Waals surface area contributed by atoms with Gasteiger partial charge >= 0.3 is 6.36 Å². The number of benzene rings is 2. The number of hydrogen-bond acceptors (Lipinski definition) is 4. The van der Waals surface area contributed by atoms with Crippen molar-refractivity contribution in [3.05, 3.63) is 65.7 Å². The zero-order valence-electron chi connectivity index (χ0n) is 13.1. The van der Waals surface area contributed by atoms with Crippen LogP contribution >= 0.6 is 0 Å². The van der Waals surface area contributed by atoms with Gasteiger partial charge in [-0.2, -0.15) is 0 Å². The van der Waals surface area contributed by atoms with Crippen LogP contribution in [0.1, 0.15) is 17.2 Å². The maximum absolute atomic E-state index is 12.2. The molecule has 0 N–H and O–H groups in total. The number of ether oxygens (including phenoxy) is 2. The fourth-order valence-electron chi connectivity index (χ4n) is 2.77. The first-order valence-electron chi connectivity index (χ1n) is 7.69. The molecule has 1 unspecified atom stereocenters. The molecule has 0 aliphatic carbocycles. The molecule has 0 radical (unpaired) electrons. The molecule has 1 aliphatic rings. The summed E-state index contributed by atoms with van der Waals surface area (Å²) in [6.45, 7) is 0.910. The Morgan fingerprint density at radius 1 is 1.12 bits per heavy atom. The lowest BCUT2D eigenvalue weighted by molar-refractivity contribution is -0.274. The zero-order chi connectivity index (χ0) is 17.9. The Morgan fingerprint density at radius 3 is 2.40 bits per heavy atom. The minimum absolute atomic E-state index is 0.218. The lowest BCUT2D eigenvalue weighted by atomic mass is 10.1. The Morgan fingerprint density at radius 2 is 1.80 bits per heavy atom. The van der Waals surface area contributed by atoms with Crippen LogP contribution in [0, 0.1) is 0 Å². The number of aldehydes is 1. The third kappa shape index (κ3) is 4.58. The van der Waals surface area contributed by atoms with Crippen molar-refractivity contribution in [2.24, 2.45) is 0 Å². The van der Waals surface area contributed by atoms with E-state index in [0.29, 0.717) is 13.1 Å². The normalized spacial score (nSPS) is 21.2. The Bertz CT molecular complexity index is 704. The lowest BCUT2D eigenvalue weighted by Crippen LogP contribution is -2.30. The minimum atomic E-state index is -4.71. The number of rotatable bonds is 5. The van der Waals surface area contributed by atoms with Gasteiger partial charge in [-0.15, -0.1) is 13.2 Å². The van der Waals surface area contributed by atoms with Gasteiger partial charge in [0.15, 0.2) is 12.5 Å². The van der Waals surface area contributed by atoms with Crippen LogP contribution < -0.4 is 4.74 Å². The third-order valence-corrected chi connectivity index (χ3v) is 3.89. The van der Waals surface area contributed by atoms with E-state index in [1.54, 1.807) is 12.1 Å².